The third-order valence-corrected chi connectivity index (χ3v) is 5.93. The Morgan fingerprint density at radius 2 is 1.72 bits per heavy atom. The van der Waals surface area contributed by atoms with Crippen LogP contribution in [0.3, 0.4) is 0 Å². The van der Waals surface area contributed by atoms with Crippen molar-refractivity contribution < 1.29 is 9.59 Å². The number of hydrogen-bond acceptors (Lipinski definition) is 5. The van der Waals surface area contributed by atoms with E-state index in [0.717, 1.165) is 44.6 Å². The summed E-state index contributed by atoms with van der Waals surface area (Å²) in [5.74, 6) is 1.36. The SMILES string of the molecule is O=CN1CCN(c2cc(C(=O)N3CCC(Cc4ccccc4)CC3)ncn2)CC1. The average molecular weight is 393 g/mol. The first-order valence-corrected chi connectivity index (χ1v) is 10.3. The number of benzene rings is 1. The van der Waals surface area contributed by atoms with Gasteiger partial charge in [-0.05, 0) is 30.7 Å². The smallest absolute Gasteiger partial charge is 0.272 e. The maximum atomic E-state index is 13.0. The Kier molecular flexibility index (Phi) is 6.03. The van der Waals surface area contributed by atoms with Gasteiger partial charge in [0.05, 0.1) is 0 Å². The Bertz CT molecular complexity index is 828. The third-order valence-electron chi connectivity index (χ3n) is 5.93. The summed E-state index contributed by atoms with van der Waals surface area (Å²) in [6.45, 7) is 4.32. The number of anilines is 1. The van der Waals surface area contributed by atoms with Crippen LogP contribution in [0.15, 0.2) is 42.7 Å². The van der Waals surface area contributed by atoms with E-state index in [-0.39, 0.29) is 5.91 Å². The quantitative estimate of drug-likeness (QED) is 0.725. The summed E-state index contributed by atoms with van der Waals surface area (Å²) in [7, 11) is 0. The fourth-order valence-corrected chi connectivity index (χ4v) is 4.14. The summed E-state index contributed by atoms with van der Waals surface area (Å²) < 4.78 is 0. The molecule has 0 radical (unpaired) electrons. The maximum Gasteiger partial charge on any atom is 0.272 e. The van der Waals surface area contributed by atoms with Crippen LogP contribution in [0.1, 0.15) is 28.9 Å². The van der Waals surface area contributed by atoms with Crippen LogP contribution in [0.5, 0.6) is 0 Å². The Labute approximate surface area is 171 Å². The highest BCUT2D eigenvalue weighted by molar-refractivity contribution is 5.93. The minimum absolute atomic E-state index is 0.0154. The third kappa shape index (κ3) is 4.72. The van der Waals surface area contributed by atoms with E-state index < -0.39 is 0 Å². The summed E-state index contributed by atoms with van der Waals surface area (Å²) in [6.07, 6.45) is 5.47. The zero-order valence-electron chi connectivity index (χ0n) is 16.6. The molecule has 2 aliphatic heterocycles. The van der Waals surface area contributed by atoms with Crippen LogP contribution in [-0.2, 0) is 11.2 Å². The molecule has 0 spiro atoms. The molecule has 29 heavy (non-hydrogen) atoms. The van der Waals surface area contributed by atoms with Crippen LogP contribution in [0.25, 0.3) is 0 Å². The lowest BCUT2D eigenvalue weighted by molar-refractivity contribution is -0.118. The summed E-state index contributed by atoms with van der Waals surface area (Å²) in [5, 5.41) is 0. The summed E-state index contributed by atoms with van der Waals surface area (Å²) >= 11 is 0. The van der Waals surface area contributed by atoms with E-state index in [2.05, 4.69) is 39.1 Å². The molecule has 152 valence electrons. The van der Waals surface area contributed by atoms with Crippen molar-refractivity contribution >= 4 is 18.1 Å². The van der Waals surface area contributed by atoms with Crippen molar-refractivity contribution in [3.05, 3.63) is 54.0 Å². The van der Waals surface area contributed by atoms with Crippen LogP contribution in [-0.4, -0.2) is 71.4 Å². The predicted octanol–water partition coefficient (Wildman–Crippen LogP) is 1.85. The highest BCUT2D eigenvalue weighted by Gasteiger charge is 2.25. The van der Waals surface area contributed by atoms with Crippen molar-refractivity contribution in [3.8, 4) is 0 Å². The molecule has 7 heteroatoms. The molecule has 3 heterocycles. The molecule has 2 aliphatic rings. The lowest BCUT2D eigenvalue weighted by atomic mass is 9.90. The molecule has 2 amide bonds. The molecule has 7 nitrogen and oxygen atoms in total. The summed E-state index contributed by atoms with van der Waals surface area (Å²) in [4.78, 5) is 38.2. The van der Waals surface area contributed by atoms with Crippen molar-refractivity contribution in [2.24, 2.45) is 5.92 Å². The first-order chi connectivity index (χ1) is 14.2. The van der Waals surface area contributed by atoms with Crippen molar-refractivity contribution in [2.45, 2.75) is 19.3 Å². The number of rotatable bonds is 5. The van der Waals surface area contributed by atoms with Crippen molar-refractivity contribution in [3.63, 3.8) is 0 Å². The topological polar surface area (TPSA) is 69.6 Å². The number of hydrogen-bond donors (Lipinski definition) is 0. The van der Waals surface area contributed by atoms with Crippen molar-refractivity contribution in [2.75, 3.05) is 44.2 Å². The first-order valence-electron chi connectivity index (χ1n) is 10.3. The van der Waals surface area contributed by atoms with E-state index in [1.165, 1.54) is 11.9 Å². The summed E-state index contributed by atoms with van der Waals surface area (Å²) in [5.41, 5.74) is 1.82. The number of piperidine rings is 1. The zero-order valence-corrected chi connectivity index (χ0v) is 16.6. The predicted molar refractivity (Wildman–Crippen MR) is 111 cm³/mol. The fourth-order valence-electron chi connectivity index (χ4n) is 4.14. The van der Waals surface area contributed by atoms with Gasteiger partial charge < -0.3 is 14.7 Å². The van der Waals surface area contributed by atoms with Gasteiger partial charge in [0.2, 0.25) is 6.41 Å². The Morgan fingerprint density at radius 1 is 1.00 bits per heavy atom. The highest BCUT2D eigenvalue weighted by atomic mass is 16.2. The van der Waals surface area contributed by atoms with Gasteiger partial charge in [0.25, 0.3) is 5.91 Å². The second-order valence-corrected chi connectivity index (χ2v) is 7.82. The van der Waals surface area contributed by atoms with E-state index in [9.17, 15) is 9.59 Å². The van der Waals surface area contributed by atoms with Crippen LogP contribution in [0, 0.1) is 5.92 Å². The van der Waals surface area contributed by atoms with Gasteiger partial charge in [0, 0.05) is 45.3 Å². The second-order valence-electron chi connectivity index (χ2n) is 7.82. The standard InChI is InChI=1S/C22H27N5O2/c28-17-25-10-12-26(13-11-25)21-15-20(23-16-24-21)22(29)27-8-6-19(7-9-27)14-18-4-2-1-3-5-18/h1-5,15-17,19H,6-14H2. The van der Waals surface area contributed by atoms with E-state index in [0.29, 0.717) is 37.8 Å². The Balaban J connectivity index is 1.34. The molecule has 2 fully saturated rings. The molecule has 1 aromatic heterocycles. The molecular weight excluding hydrogens is 366 g/mol. The minimum Gasteiger partial charge on any atom is -0.353 e. The molecule has 1 aromatic carbocycles. The molecular formula is C22H27N5O2. The van der Waals surface area contributed by atoms with Gasteiger partial charge in [0.1, 0.15) is 17.8 Å². The molecule has 0 saturated carbocycles. The van der Waals surface area contributed by atoms with E-state index in [1.54, 1.807) is 11.0 Å². The van der Waals surface area contributed by atoms with Crippen molar-refractivity contribution in [1.82, 2.24) is 19.8 Å². The van der Waals surface area contributed by atoms with Gasteiger partial charge in [-0.15, -0.1) is 0 Å². The zero-order chi connectivity index (χ0) is 20.1. The van der Waals surface area contributed by atoms with Gasteiger partial charge in [0.15, 0.2) is 0 Å². The molecule has 0 atom stereocenters. The maximum absolute atomic E-state index is 13.0. The van der Waals surface area contributed by atoms with Gasteiger partial charge in [-0.25, -0.2) is 9.97 Å². The minimum atomic E-state index is -0.0154. The first kappa shape index (κ1) is 19.4. The molecule has 0 N–H and O–H groups in total. The van der Waals surface area contributed by atoms with Crippen LogP contribution >= 0.6 is 0 Å². The molecule has 0 bridgehead atoms. The molecule has 0 aliphatic carbocycles. The number of piperazine rings is 1. The number of likely N-dealkylation sites (tertiary alicyclic amines) is 1. The Hall–Kier alpha value is -2.96. The largest absolute Gasteiger partial charge is 0.353 e. The van der Waals surface area contributed by atoms with Gasteiger partial charge in [-0.3, -0.25) is 9.59 Å². The molecule has 2 aromatic rings. The van der Waals surface area contributed by atoms with Crippen molar-refractivity contribution in [1.29, 1.82) is 0 Å². The van der Waals surface area contributed by atoms with Gasteiger partial charge in [-0.1, -0.05) is 30.3 Å². The number of aromatic nitrogens is 2. The van der Waals surface area contributed by atoms with Crippen LogP contribution < -0.4 is 4.90 Å². The van der Waals surface area contributed by atoms with Crippen LogP contribution in [0.4, 0.5) is 5.82 Å². The molecule has 4 rings (SSSR count). The number of carbonyl (C=O) groups excluding carboxylic acids is 2. The number of amides is 2. The lowest BCUT2D eigenvalue weighted by Gasteiger charge is -2.34. The van der Waals surface area contributed by atoms with E-state index in [4.69, 9.17) is 0 Å². The second kappa shape index (κ2) is 9.03. The molecule has 0 unspecified atom stereocenters. The van der Waals surface area contributed by atoms with E-state index in [1.807, 2.05) is 11.0 Å². The summed E-state index contributed by atoms with van der Waals surface area (Å²) in [6, 6.07) is 12.3. The van der Waals surface area contributed by atoms with Gasteiger partial charge in [-0.2, -0.15) is 0 Å². The van der Waals surface area contributed by atoms with E-state index >= 15 is 0 Å². The van der Waals surface area contributed by atoms with Crippen LogP contribution in [0.2, 0.25) is 0 Å². The monoisotopic (exact) mass is 393 g/mol. The highest BCUT2D eigenvalue weighted by Crippen LogP contribution is 2.23. The van der Waals surface area contributed by atoms with Gasteiger partial charge >= 0.3 is 0 Å². The number of carbonyl (C=O) groups is 2. The molecule has 2 saturated heterocycles. The normalized spacial score (nSPS) is 18.0. The average Bonchev–Trinajstić information content (AvgIpc) is 2.80. The fraction of sp³-hybridized carbons (Fsp3) is 0.455. The number of nitrogens with zero attached hydrogens (tertiary/aromatic N) is 5. The Morgan fingerprint density at radius 3 is 2.41 bits per heavy atom. The lowest BCUT2D eigenvalue weighted by Crippen LogP contribution is -2.46.